The summed E-state index contributed by atoms with van der Waals surface area (Å²) in [5, 5.41) is 24.2. The van der Waals surface area contributed by atoms with Gasteiger partial charge in [0.15, 0.2) is 0 Å². The van der Waals surface area contributed by atoms with Crippen LogP contribution in [-0.2, 0) is 20.8 Å². The van der Waals surface area contributed by atoms with Crippen molar-refractivity contribution < 1.29 is 24.6 Å². The number of amides is 2. The fourth-order valence-corrected chi connectivity index (χ4v) is 5.86. The van der Waals surface area contributed by atoms with E-state index in [9.17, 15) is 24.6 Å². The number of aryl methyl sites for hydroxylation is 3. The monoisotopic (exact) mass is 484 g/mol. The number of nitrogens with one attached hydrogen (secondary N) is 1. The fourth-order valence-electron chi connectivity index (χ4n) is 5.86. The van der Waals surface area contributed by atoms with Crippen LogP contribution in [0.5, 0.6) is 5.75 Å². The lowest BCUT2D eigenvalue weighted by molar-refractivity contribution is -0.148. The Kier molecular flexibility index (Phi) is 5.68. The van der Waals surface area contributed by atoms with Crippen molar-refractivity contribution in [2.75, 3.05) is 4.90 Å². The summed E-state index contributed by atoms with van der Waals surface area (Å²) in [5.41, 5.74) is 2.18. The molecule has 3 aromatic rings. The summed E-state index contributed by atoms with van der Waals surface area (Å²) >= 11 is 0. The Labute approximate surface area is 209 Å². The van der Waals surface area contributed by atoms with Crippen LogP contribution in [0.3, 0.4) is 0 Å². The lowest BCUT2D eigenvalue weighted by atomic mass is 9.76. The van der Waals surface area contributed by atoms with Crippen LogP contribution in [0, 0.1) is 32.6 Å². The molecule has 0 spiro atoms. The number of phenolic OH excluding ortho intramolecular Hbond substituents is 1. The van der Waals surface area contributed by atoms with Gasteiger partial charge in [0.25, 0.3) is 0 Å². The third-order valence-corrected chi connectivity index (χ3v) is 7.59. The van der Waals surface area contributed by atoms with Crippen LogP contribution < -0.4 is 10.2 Å². The van der Waals surface area contributed by atoms with Crippen LogP contribution in [-0.4, -0.2) is 33.5 Å². The van der Waals surface area contributed by atoms with Crippen LogP contribution in [0.25, 0.3) is 0 Å². The van der Waals surface area contributed by atoms with Crippen LogP contribution >= 0.6 is 0 Å². The number of carbonyl (C=O) groups is 3. The fraction of sp³-hybridized carbons (Fsp3) is 0.276. The molecule has 3 aromatic carbocycles. The van der Waals surface area contributed by atoms with Crippen molar-refractivity contribution in [2.45, 2.75) is 38.8 Å². The van der Waals surface area contributed by atoms with Gasteiger partial charge in [0.1, 0.15) is 11.3 Å². The summed E-state index contributed by atoms with van der Waals surface area (Å²) in [6.45, 7) is 5.34. The Bertz CT molecular complexity index is 1360. The first kappa shape index (κ1) is 23.8. The highest BCUT2D eigenvalue weighted by atomic mass is 16.4. The molecular formula is C29H28N2O5. The number of carboxylic acids is 1. The van der Waals surface area contributed by atoms with E-state index >= 15 is 0 Å². The summed E-state index contributed by atoms with van der Waals surface area (Å²) in [5.74, 6) is -3.99. The maximum atomic E-state index is 14.0. The highest BCUT2D eigenvalue weighted by molar-refractivity contribution is 6.24. The number of phenols is 1. The highest BCUT2D eigenvalue weighted by Gasteiger charge is 2.68. The van der Waals surface area contributed by atoms with Gasteiger partial charge in [-0.3, -0.25) is 19.7 Å². The number of aromatic hydroxyl groups is 1. The molecule has 7 nitrogen and oxygen atoms in total. The number of aliphatic carboxylic acids is 1. The molecule has 0 radical (unpaired) electrons. The largest absolute Gasteiger partial charge is 0.507 e. The molecule has 2 aliphatic rings. The van der Waals surface area contributed by atoms with Crippen molar-refractivity contribution in [3.05, 3.63) is 94.5 Å². The number of fused-ring (bicyclic) bond motifs is 1. The van der Waals surface area contributed by atoms with Gasteiger partial charge in [-0.1, -0.05) is 60.7 Å². The second kappa shape index (κ2) is 8.60. The molecule has 2 fully saturated rings. The highest BCUT2D eigenvalue weighted by Crippen LogP contribution is 2.51. The van der Waals surface area contributed by atoms with Crippen molar-refractivity contribution in [1.29, 1.82) is 0 Å². The third kappa shape index (κ3) is 3.50. The zero-order valence-electron chi connectivity index (χ0n) is 20.4. The van der Waals surface area contributed by atoms with Gasteiger partial charge in [-0.25, -0.2) is 4.90 Å². The maximum absolute atomic E-state index is 14.0. The minimum absolute atomic E-state index is 0.0392. The number of imide groups is 1. The zero-order valence-corrected chi connectivity index (χ0v) is 20.4. The predicted octanol–water partition coefficient (Wildman–Crippen LogP) is 3.83. The standard InChI is InChI=1S/C29H28N2O5/c1-16-9-7-8-12-21(16)31-26(33)22-23(27(31)34)29(28(35)36,15-19-10-5-4-6-11-19)30-24(22)20-13-17(2)25(32)18(3)14-20/h4-14,22-24,30,32H,15H2,1-3H3,(H,35,36). The van der Waals surface area contributed by atoms with Crippen molar-refractivity contribution in [3.63, 3.8) is 0 Å². The van der Waals surface area contributed by atoms with E-state index in [1.807, 2.05) is 49.4 Å². The number of para-hydroxylation sites is 1. The Hall–Kier alpha value is -3.97. The van der Waals surface area contributed by atoms with Crippen molar-refractivity contribution in [2.24, 2.45) is 11.8 Å². The van der Waals surface area contributed by atoms with Crippen LogP contribution in [0.1, 0.15) is 33.9 Å². The number of rotatable bonds is 5. The molecule has 0 aromatic heterocycles. The van der Waals surface area contributed by atoms with E-state index in [4.69, 9.17) is 0 Å². The minimum Gasteiger partial charge on any atom is -0.507 e. The molecule has 36 heavy (non-hydrogen) atoms. The van der Waals surface area contributed by atoms with Gasteiger partial charge in [-0.05, 0) is 54.7 Å². The van der Waals surface area contributed by atoms with Crippen molar-refractivity contribution in [1.82, 2.24) is 5.32 Å². The van der Waals surface area contributed by atoms with E-state index in [2.05, 4.69) is 5.32 Å². The molecule has 4 unspecified atom stereocenters. The van der Waals surface area contributed by atoms with E-state index in [1.54, 1.807) is 38.1 Å². The molecule has 2 aliphatic heterocycles. The molecule has 0 bridgehead atoms. The van der Waals surface area contributed by atoms with Crippen molar-refractivity contribution in [3.8, 4) is 5.75 Å². The topological polar surface area (TPSA) is 107 Å². The van der Waals surface area contributed by atoms with E-state index < -0.39 is 41.2 Å². The number of carbonyl (C=O) groups excluding carboxylic acids is 2. The molecule has 184 valence electrons. The molecule has 0 aliphatic carbocycles. The smallest absolute Gasteiger partial charge is 0.325 e. The second-order valence-corrected chi connectivity index (χ2v) is 9.87. The Morgan fingerprint density at radius 3 is 2.14 bits per heavy atom. The van der Waals surface area contributed by atoms with Crippen molar-refractivity contribution >= 4 is 23.5 Å². The lowest BCUT2D eigenvalue weighted by Crippen LogP contribution is -2.57. The average Bonchev–Trinajstić information content (AvgIpc) is 3.32. The van der Waals surface area contributed by atoms with E-state index in [1.165, 1.54) is 4.90 Å². The van der Waals surface area contributed by atoms with Gasteiger partial charge in [-0.2, -0.15) is 0 Å². The van der Waals surface area contributed by atoms with E-state index in [0.717, 1.165) is 11.1 Å². The molecule has 2 amide bonds. The molecule has 5 rings (SSSR count). The Balaban J connectivity index is 1.70. The SMILES string of the molecule is Cc1ccccc1N1C(=O)C2C(c3cc(C)c(O)c(C)c3)NC(Cc3ccccc3)(C(=O)O)C2C1=O. The minimum atomic E-state index is -1.69. The summed E-state index contributed by atoms with van der Waals surface area (Å²) in [4.78, 5) is 42.1. The van der Waals surface area contributed by atoms with Crippen LogP contribution in [0.2, 0.25) is 0 Å². The number of nitrogens with zero attached hydrogens (tertiary/aromatic N) is 1. The zero-order chi connectivity index (χ0) is 25.8. The van der Waals surface area contributed by atoms with Gasteiger partial charge < -0.3 is 10.2 Å². The number of carboxylic acid groups (broad SMARTS) is 1. The first-order valence-corrected chi connectivity index (χ1v) is 11.9. The Morgan fingerprint density at radius 2 is 1.53 bits per heavy atom. The summed E-state index contributed by atoms with van der Waals surface area (Å²) in [6, 6.07) is 19.0. The van der Waals surface area contributed by atoms with Gasteiger partial charge >= 0.3 is 5.97 Å². The molecular weight excluding hydrogens is 456 g/mol. The predicted molar refractivity (Wildman–Crippen MR) is 135 cm³/mol. The maximum Gasteiger partial charge on any atom is 0.325 e. The molecule has 0 saturated carbocycles. The quantitative estimate of drug-likeness (QED) is 0.475. The third-order valence-electron chi connectivity index (χ3n) is 7.59. The van der Waals surface area contributed by atoms with Crippen LogP contribution in [0.4, 0.5) is 5.69 Å². The normalized spacial score (nSPS) is 25.3. The average molecular weight is 485 g/mol. The summed E-state index contributed by atoms with van der Waals surface area (Å²) in [6.07, 6.45) is 0.0392. The molecule has 4 atom stereocenters. The number of hydrogen-bond donors (Lipinski definition) is 3. The van der Waals surface area contributed by atoms with Gasteiger partial charge in [0.05, 0.1) is 17.5 Å². The second-order valence-electron chi connectivity index (χ2n) is 9.87. The number of benzene rings is 3. The molecule has 2 saturated heterocycles. The first-order chi connectivity index (χ1) is 17.2. The van der Waals surface area contributed by atoms with Gasteiger partial charge in [-0.15, -0.1) is 0 Å². The van der Waals surface area contributed by atoms with Crippen LogP contribution in [0.15, 0.2) is 66.7 Å². The number of hydrogen-bond acceptors (Lipinski definition) is 5. The molecule has 2 heterocycles. The van der Waals surface area contributed by atoms with E-state index in [-0.39, 0.29) is 12.2 Å². The Morgan fingerprint density at radius 1 is 0.917 bits per heavy atom. The molecule has 7 heteroatoms. The van der Waals surface area contributed by atoms with Gasteiger partial charge in [0.2, 0.25) is 11.8 Å². The molecule has 3 N–H and O–H groups in total. The lowest BCUT2D eigenvalue weighted by Gasteiger charge is -2.31. The summed E-state index contributed by atoms with van der Waals surface area (Å²) in [7, 11) is 0. The number of anilines is 1. The first-order valence-electron chi connectivity index (χ1n) is 11.9. The summed E-state index contributed by atoms with van der Waals surface area (Å²) < 4.78 is 0. The van der Waals surface area contributed by atoms with E-state index in [0.29, 0.717) is 22.4 Å². The van der Waals surface area contributed by atoms with Gasteiger partial charge in [0, 0.05) is 12.5 Å².